The maximum Gasteiger partial charge on any atom is 0.0557 e. The van der Waals surface area contributed by atoms with Gasteiger partial charge in [-0.15, -0.1) is 0 Å². The molecule has 1 heterocycles. The van der Waals surface area contributed by atoms with Crippen LogP contribution in [0.25, 0.3) is 0 Å². The zero-order valence-electron chi connectivity index (χ0n) is 5.49. The minimum absolute atomic E-state index is 0.185. The normalized spacial score (nSPS) is 13.6. The van der Waals surface area contributed by atoms with Crippen LogP contribution in [0.2, 0.25) is 0 Å². The van der Waals surface area contributed by atoms with Crippen LogP contribution in [0, 0.1) is 0 Å². The molecule has 1 aromatic heterocycles. The molecule has 0 spiro atoms. The van der Waals surface area contributed by atoms with Gasteiger partial charge in [-0.05, 0) is 13.0 Å². The third-order valence-electron chi connectivity index (χ3n) is 1.03. The largest absolute Gasteiger partial charge is 0.326 e. The Labute approximate surface area is 54.5 Å². The van der Waals surface area contributed by atoms with Crippen molar-refractivity contribution >= 4 is 0 Å². The van der Waals surface area contributed by atoms with E-state index >= 15 is 0 Å². The standard InChI is InChI=1S/C6H11N3/c1-6(7)5-9-4-2-3-8-9/h2-4,6H,5,7H2,1H3/t6-/m1/s1. The lowest BCUT2D eigenvalue weighted by atomic mass is 10.4. The number of hydrogen-bond donors (Lipinski definition) is 1. The van der Waals surface area contributed by atoms with Crippen molar-refractivity contribution in [2.24, 2.45) is 5.73 Å². The summed E-state index contributed by atoms with van der Waals surface area (Å²) in [4.78, 5) is 0. The Morgan fingerprint density at radius 3 is 3.00 bits per heavy atom. The topological polar surface area (TPSA) is 43.8 Å². The van der Waals surface area contributed by atoms with Crippen molar-refractivity contribution in [3.8, 4) is 0 Å². The second-order valence-electron chi connectivity index (χ2n) is 2.21. The van der Waals surface area contributed by atoms with Crippen LogP contribution in [-0.2, 0) is 6.54 Å². The number of hydrogen-bond acceptors (Lipinski definition) is 2. The molecule has 1 atom stereocenters. The molecule has 3 heteroatoms. The van der Waals surface area contributed by atoms with E-state index in [0.717, 1.165) is 6.54 Å². The van der Waals surface area contributed by atoms with E-state index in [1.165, 1.54) is 0 Å². The summed E-state index contributed by atoms with van der Waals surface area (Å²) >= 11 is 0. The molecule has 0 aliphatic rings. The number of aromatic nitrogens is 2. The Morgan fingerprint density at radius 2 is 2.56 bits per heavy atom. The van der Waals surface area contributed by atoms with Crippen LogP contribution >= 0.6 is 0 Å². The highest BCUT2D eigenvalue weighted by atomic mass is 15.3. The van der Waals surface area contributed by atoms with Crippen molar-refractivity contribution in [1.29, 1.82) is 0 Å². The van der Waals surface area contributed by atoms with Crippen molar-refractivity contribution in [2.75, 3.05) is 0 Å². The van der Waals surface area contributed by atoms with Crippen LogP contribution in [-0.4, -0.2) is 15.8 Å². The van der Waals surface area contributed by atoms with E-state index in [-0.39, 0.29) is 6.04 Å². The van der Waals surface area contributed by atoms with Gasteiger partial charge in [0.15, 0.2) is 0 Å². The van der Waals surface area contributed by atoms with Gasteiger partial charge in [0.05, 0.1) is 6.54 Å². The van der Waals surface area contributed by atoms with Crippen LogP contribution in [0.1, 0.15) is 6.92 Å². The fourth-order valence-corrected chi connectivity index (χ4v) is 0.704. The maximum absolute atomic E-state index is 5.52. The molecule has 2 N–H and O–H groups in total. The summed E-state index contributed by atoms with van der Waals surface area (Å²) in [5.41, 5.74) is 5.52. The van der Waals surface area contributed by atoms with Crippen molar-refractivity contribution in [1.82, 2.24) is 9.78 Å². The van der Waals surface area contributed by atoms with Gasteiger partial charge >= 0.3 is 0 Å². The van der Waals surface area contributed by atoms with Gasteiger partial charge < -0.3 is 5.73 Å². The molecule has 9 heavy (non-hydrogen) atoms. The molecule has 0 bridgehead atoms. The van der Waals surface area contributed by atoms with E-state index in [1.54, 1.807) is 6.20 Å². The number of nitrogens with zero attached hydrogens (tertiary/aromatic N) is 2. The fourth-order valence-electron chi connectivity index (χ4n) is 0.704. The lowest BCUT2D eigenvalue weighted by molar-refractivity contribution is 0.538. The third kappa shape index (κ3) is 1.85. The summed E-state index contributed by atoms with van der Waals surface area (Å²) in [6.45, 7) is 2.76. The minimum atomic E-state index is 0.185. The van der Waals surface area contributed by atoms with E-state index in [9.17, 15) is 0 Å². The molecule has 0 aromatic carbocycles. The molecule has 0 unspecified atom stereocenters. The van der Waals surface area contributed by atoms with Crippen molar-refractivity contribution < 1.29 is 0 Å². The molecule has 3 nitrogen and oxygen atoms in total. The summed E-state index contributed by atoms with van der Waals surface area (Å²) in [6.07, 6.45) is 3.66. The van der Waals surface area contributed by atoms with Crippen LogP contribution in [0.4, 0.5) is 0 Å². The molecule has 0 amide bonds. The molecular formula is C6H11N3. The molecule has 0 aliphatic heterocycles. The highest BCUT2D eigenvalue weighted by Gasteiger charge is 1.93. The smallest absolute Gasteiger partial charge is 0.0557 e. The Bertz CT molecular complexity index is 155. The monoisotopic (exact) mass is 125 g/mol. The summed E-state index contributed by atoms with van der Waals surface area (Å²) in [5.74, 6) is 0. The van der Waals surface area contributed by atoms with E-state index < -0.39 is 0 Å². The van der Waals surface area contributed by atoms with Crippen LogP contribution in [0.3, 0.4) is 0 Å². The van der Waals surface area contributed by atoms with Gasteiger partial charge in [-0.1, -0.05) is 0 Å². The van der Waals surface area contributed by atoms with Crippen LogP contribution < -0.4 is 5.73 Å². The van der Waals surface area contributed by atoms with Gasteiger partial charge in [-0.2, -0.15) is 5.10 Å². The Balaban J connectivity index is 2.48. The number of nitrogens with two attached hydrogens (primary N) is 1. The van der Waals surface area contributed by atoms with Crippen LogP contribution in [0.5, 0.6) is 0 Å². The molecule has 0 saturated heterocycles. The van der Waals surface area contributed by atoms with Gasteiger partial charge in [-0.25, -0.2) is 0 Å². The van der Waals surface area contributed by atoms with Crippen LogP contribution in [0.15, 0.2) is 18.5 Å². The molecule has 0 aliphatic carbocycles. The van der Waals surface area contributed by atoms with Gasteiger partial charge in [0.25, 0.3) is 0 Å². The van der Waals surface area contributed by atoms with Crippen molar-refractivity contribution in [3.63, 3.8) is 0 Å². The van der Waals surface area contributed by atoms with Gasteiger partial charge in [0.2, 0.25) is 0 Å². The SMILES string of the molecule is C[C@@H](N)Cn1cccn1. The predicted molar refractivity (Wildman–Crippen MR) is 35.9 cm³/mol. The first kappa shape index (κ1) is 6.29. The van der Waals surface area contributed by atoms with E-state index in [0.29, 0.717) is 0 Å². The Kier molecular flexibility index (Phi) is 1.85. The highest BCUT2D eigenvalue weighted by Crippen LogP contribution is 1.85. The zero-order valence-corrected chi connectivity index (χ0v) is 5.49. The summed E-state index contributed by atoms with van der Waals surface area (Å²) in [5, 5.41) is 3.99. The molecule has 1 aromatic rings. The highest BCUT2D eigenvalue weighted by molar-refractivity contribution is 4.78. The van der Waals surface area contributed by atoms with Crippen molar-refractivity contribution in [3.05, 3.63) is 18.5 Å². The minimum Gasteiger partial charge on any atom is -0.326 e. The first-order valence-electron chi connectivity index (χ1n) is 3.02. The zero-order chi connectivity index (χ0) is 6.69. The first-order valence-corrected chi connectivity index (χ1v) is 3.02. The summed E-state index contributed by atoms with van der Waals surface area (Å²) < 4.78 is 1.82. The molecule has 0 radical (unpaired) electrons. The maximum atomic E-state index is 5.52. The van der Waals surface area contributed by atoms with E-state index in [4.69, 9.17) is 5.73 Å². The van der Waals surface area contributed by atoms with Gasteiger partial charge in [-0.3, -0.25) is 4.68 Å². The average Bonchev–Trinajstić information content (AvgIpc) is 2.15. The molecule has 0 fully saturated rings. The molecule has 50 valence electrons. The predicted octanol–water partition coefficient (Wildman–Crippen LogP) is 0.230. The quantitative estimate of drug-likeness (QED) is 0.615. The van der Waals surface area contributed by atoms with E-state index in [2.05, 4.69) is 5.10 Å². The van der Waals surface area contributed by atoms with Gasteiger partial charge in [0.1, 0.15) is 0 Å². The molecule has 1 rings (SSSR count). The second-order valence-corrected chi connectivity index (χ2v) is 2.21. The van der Waals surface area contributed by atoms with E-state index in [1.807, 2.05) is 23.9 Å². The third-order valence-corrected chi connectivity index (χ3v) is 1.03. The Hall–Kier alpha value is -0.830. The first-order chi connectivity index (χ1) is 4.29. The lowest BCUT2D eigenvalue weighted by Crippen LogP contribution is -2.22. The Morgan fingerprint density at radius 1 is 1.78 bits per heavy atom. The lowest BCUT2D eigenvalue weighted by Gasteiger charge is -2.02. The molecule has 0 saturated carbocycles. The summed E-state index contributed by atoms with van der Waals surface area (Å²) in [7, 11) is 0. The molecular weight excluding hydrogens is 114 g/mol. The second kappa shape index (κ2) is 2.64. The van der Waals surface area contributed by atoms with Gasteiger partial charge in [0, 0.05) is 18.4 Å². The van der Waals surface area contributed by atoms with Crippen molar-refractivity contribution in [2.45, 2.75) is 19.5 Å². The number of rotatable bonds is 2. The summed E-state index contributed by atoms with van der Waals surface area (Å²) in [6, 6.07) is 2.08. The fraction of sp³-hybridized carbons (Fsp3) is 0.500. The average molecular weight is 125 g/mol.